The molecule has 0 radical (unpaired) electrons. The highest BCUT2D eigenvalue weighted by Crippen LogP contribution is 2.45. The lowest BCUT2D eigenvalue weighted by Crippen LogP contribution is -2.29. The van der Waals surface area contributed by atoms with Crippen LogP contribution in [0, 0.1) is 22.7 Å². The van der Waals surface area contributed by atoms with Gasteiger partial charge in [0.15, 0.2) is 0 Å². The highest BCUT2D eigenvalue weighted by atomic mass is 16.5. The number of hydrogen-bond donors (Lipinski definition) is 1. The van der Waals surface area contributed by atoms with E-state index >= 15 is 0 Å². The van der Waals surface area contributed by atoms with Crippen LogP contribution in [-0.4, -0.2) is 31.7 Å². The Kier molecular flexibility index (Phi) is 5.72. The maximum absolute atomic E-state index is 12.2. The lowest BCUT2D eigenvalue weighted by Gasteiger charge is -2.19. The minimum absolute atomic E-state index is 0.120. The molecule has 3 aliphatic rings. The Morgan fingerprint density at radius 1 is 1.09 bits per heavy atom. The predicted octanol–water partition coefficient (Wildman–Crippen LogP) is 4.52. The molecule has 0 spiro atoms. The fourth-order valence-corrected chi connectivity index (χ4v) is 4.08. The molecule has 0 bridgehead atoms. The summed E-state index contributed by atoms with van der Waals surface area (Å²) in [5.41, 5.74) is 1.64. The van der Waals surface area contributed by atoms with Gasteiger partial charge in [0.05, 0.1) is 19.2 Å². The maximum Gasteiger partial charge on any atom is 0.244 e. The van der Waals surface area contributed by atoms with Gasteiger partial charge >= 0.3 is 0 Å². The fourth-order valence-electron chi connectivity index (χ4n) is 4.08. The molecular formula is C27H29N3O3. The van der Waals surface area contributed by atoms with Crippen LogP contribution in [0.15, 0.2) is 55.1 Å². The molecule has 2 aromatic carbocycles. The summed E-state index contributed by atoms with van der Waals surface area (Å²) in [6.07, 6.45) is 4.91. The number of carbonyl (C=O) groups excluding carboxylic acids is 1. The second-order valence-corrected chi connectivity index (χ2v) is 9.37. The van der Waals surface area contributed by atoms with E-state index in [1.165, 1.54) is 18.5 Å². The van der Waals surface area contributed by atoms with Crippen LogP contribution < -0.4 is 19.7 Å². The van der Waals surface area contributed by atoms with Crippen molar-refractivity contribution in [1.82, 2.24) is 5.32 Å². The van der Waals surface area contributed by atoms with Crippen molar-refractivity contribution in [2.45, 2.75) is 38.2 Å². The second kappa shape index (κ2) is 8.82. The quantitative estimate of drug-likeness (QED) is 0.617. The number of carbonyl (C=O) groups is 1. The largest absolute Gasteiger partial charge is 0.493 e. The number of nitrogens with one attached hydrogen (secondary N) is 1. The van der Waals surface area contributed by atoms with Crippen molar-refractivity contribution < 1.29 is 14.3 Å². The molecule has 170 valence electrons. The van der Waals surface area contributed by atoms with E-state index in [4.69, 9.17) is 14.7 Å². The number of ether oxygens (including phenoxy) is 2. The Balaban J connectivity index is 1.11. The molecule has 1 aliphatic heterocycles. The molecule has 1 N–H and O–H groups in total. The first kappa shape index (κ1) is 21.4. The van der Waals surface area contributed by atoms with Crippen LogP contribution in [0.4, 0.5) is 5.69 Å². The Morgan fingerprint density at radius 3 is 2.42 bits per heavy atom. The van der Waals surface area contributed by atoms with Gasteiger partial charge in [0.1, 0.15) is 23.0 Å². The summed E-state index contributed by atoms with van der Waals surface area (Å²) in [5.74, 6) is 2.23. The number of nitrogens with zero attached hydrogens (tertiary/aromatic N) is 2. The van der Waals surface area contributed by atoms with Crippen molar-refractivity contribution in [3.05, 3.63) is 60.7 Å². The van der Waals surface area contributed by atoms with Crippen LogP contribution in [0.5, 0.6) is 11.5 Å². The van der Waals surface area contributed by atoms with E-state index in [-0.39, 0.29) is 12.0 Å². The van der Waals surface area contributed by atoms with Gasteiger partial charge in [-0.05, 0) is 85.7 Å². The molecule has 2 saturated carbocycles. The molecule has 6 nitrogen and oxygen atoms in total. The minimum atomic E-state index is -0.857. The van der Waals surface area contributed by atoms with Crippen molar-refractivity contribution in [3.8, 4) is 17.6 Å². The van der Waals surface area contributed by atoms with Gasteiger partial charge in [0, 0.05) is 24.4 Å². The third-order valence-electron chi connectivity index (χ3n) is 6.70. The molecule has 1 saturated heterocycles. The third kappa shape index (κ3) is 4.98. The summed E-state index contributed by atoms with van der Waals surface area (Å²) >= 11 is 0. The second-order valence-electron chi connectivity index (χ2n) is 9.37. The van der Waals surface area contributed by atoms with Crippen molar-refractivity contribution >= 4 is 17.3 Å². The van der Waals surface area contributed by atoms with Gasteiger partial charge in [0.2, 0.25) is 5.91 Å². The molecule has 2 aromatic rings. The Hall–Kier alpha value is -3.46. The van der Waals surface area contributed by atoms with E-state index in [1.54, 1.807) is 0 Å². The topological polar surface area (TPSA) is 74.6 Å². The van der Waals surface area contributed by atoms with Gasteiger partial charge in [0.25, 0.3) is 0 Å². The maximum atomic E-state index is 12.2. The highest BCUT2D eigenvalue weighted by Gasteiger charge is 2.50. The molecular weight excluding hydrogens is 414 g/mol. The minimum Gasteiger partial charge on any atom is -0.493 e. The van der Waals surface area contributed by atoms with Crippen LogP contribution in [0.1, 0.15) is 37.7 Å². The van der Waals surface area contributed by atoms with Crippen LogP contribution in [0.2, 0.25) is 0 Å². The van der Waals surface area contributed by atoms with Gasteiger partial charge < -0.3 is 19.7 Å². The molecule has 1 atom stereocenters. The van der Waals surface area contributed by atoms with Gasteiger partial charge in [-0.1, -0.05) is 6.58 Å². The van der Waals surface area contributed by atoms with Crippen molar-refractivity contribution in [2.75, 3.05) is 24.6 Å². The van der Waals surface area contributed by atoms with E-state index in [9.17, 15) is 4.79 Å². The molecule has 0 unspecified atom stereocenters. The first-order valence-electron chi connectivity index (χ1n) is 11.7. The molecule has 0 aromatic heterocycles. The fraction of sp³-hybridized carbons (Fsp3) is 0.407. The van der Waals surface area contributed by atoms with Crippen LogP contribution in [0.25, 0.3) is 5.70 Å². The first-order chi connectivity index (χ1) is 16.0. The monoisotopic (exact) mass is 443 g/mol. The molecule has 5 rings (SSSR count). The van der Waals surface area contributed by atoms with Crippen molar-refractivity contribution in [2.24, 2.45) is 11.3 Å². The highest BCUT2D eigenvalue weighted by molar-refractivity contribution is 5.94. The van der Waals surface area contributed by atoms with Crippen molar-refractivity contribution in [1.29, 1.82) is 5.26 Å². The predicted molar refractivity (Wildman–Crippen MR) is 127 cm³/mol. The number of benzene rings is 2. The van der Waals surface area contributed by atoms with Gasteiger partial charge in [-0.3, -0.25) is 4.79 Å². The van der Waals surface area contributed by atoms with Crippen LogP contribution in [0.3, 0.4) is 0 Å². The van der Waals surface area contributed by atoms with E-state index in [1.807, 2.05) is 24.3 Å². The van der Waals surface area contributed by atoms with Gasteiger partial charge in [-0.15, -0.1) is 0 Å². The SMILES string of the molecule is C=C(NC(=O)C1(C#N)CC1)c1ccc(O[C@@H]2CCN(c3ccc(OCC4CC4)cc3)C2)cc1. The zero-order chi connectivity index (χ0) is 22.8. The number of hydrogen-bond acceptors (Lipinski definition) is 5. The van der Waals surface area contributed by atoms with Gasteiger partial charge in [-0.25, -0.2) is 0 Å². The third-order valence-corrected chi connectivity index (χ3v) is 6.70. The Bertz CT molecular complexity index is 1060. The molecule has 6 heteroatoms. The molecule has 1 amide bonds. The summed E-state index contributed by atoms with van der Waals surface area (Å²) in [7, 11) is 0. The summed E-state index contributed by atoms with van der Waals surface area (Å²) in [6, 6.07) is 18.0. The lowest BCUT2D eigenvalue weighted by molar-refractivity contribution is -0.123. The lowest BCUT2D eigenvalue weighted by atomic mass is 10.1. The summed E-state index contributed by atoms with van der Waals surface area (Å²) in [6.45, 7) is 6.57. The van der Waals surface area contributed by atoms with Crippen LogP contribution >= 0.6 is 0 Å². The van der Waals surface area contributed by atoms with E-state index in [2.05, 4.69) is 47.1 Å². The first-order valence-corrected chi connectivity index (χ1v) is 11.7. The number of rotatable bonds is 9. The summed E-state index contributed by atoms with van der Waals surface area (Å²) < 4.78 is 12.0. The summed E-state index contributed by atoms with van der Waals surface area (Å²) in [4.78, 5) is 14.6. The van der Waals surface area contributed by atoms with E-state index in [0.29, 0.717) is 18.5 Å². The molecule has 33 heavy (non-hydrogen) atoms. The average molecular weight is 444 g/mol. The van der Waals surface area contributed by atoms with Crippen molar-refractivity contribution in [3.63, 3.8) is 0 Å². The zero-order valence-corrected chi connectivity index (χ0v) is 18.8. The standard InChI is InChI=1S/C27H29N3O3/c1-19(29-26(31)27(18-28)13-14-27)21-4-8-24(9-5-21)33-25-12-15-30(16-25)22-6-10-23(11-7-22)32-17-20-2-3-20/h4-11,20,25H,1-3,12-17H2,(H,29,31)/t25-/m1/s1. The van der Waals surface area contributed by atoms with E-state index < -0.39 is 5.41 Å². The molecule has 1 heterocycles. The normalized spacial score (nSPS) is 20.6. The Morgan fingerprint density at radius 2 is 1.79 bits per heavy atom. The molecule has 2 aliphatic carbocycles. The van der Waals surface area contributed by atoms with Gasteiger partial charge in [-0.2, -0.15) is 5.26 Å². The number of nitriles is 1. The summed E-state index contributed by atoms with van der Waals surface area (Å²) in [5, 5.41) is 11.9. The average Bonchev–Trinajstić information content (AvgIpc) is 3.77. The number of anilines is 1. The Labute approximate surface area is 194 Å². The number of amides is 1. The zero-order valence-electron chi connectivity index (χ0n) is 18.8. The van der Waals surface area contributed by atoms with E-state index in [0.717, 1.165) is 49.1 Å². The molecule has 3 fully saturated rings. The van der Waals surface area contributed by atoms with Crippen LogP contribution in [-0.2, 0) is 4.79 Å². The smallest absolute Gasteiger partial charge is 0.244 e.